The lowest BCUT2D eigenvalue weighted by Gasteiger charge is -2.27. The first-order chi connectivity index (χ1) is 11.8. The van der Waals surface area contributed by atoms with Crippen LogP contribution in [0, 0.1) is 0 Å². The molecule has 0 saturated heterocycles. The third-order valence-electron chi connectivity index (χ3n) is 3.34. The van der Waals surface area contributed by atoms with Crippen LogP contribution in [-0.4, -0.2) is 36.4 Å². The highest BCUT2D eigenvalue weighted by Crippen LogP contribution is 2.31. The van der Waals surface area contributed by atoms with E-state index in [4.69, 9.17) is 10.5 Å². The van der Waals surface area contributed by atoms with E-state index >= 15 is 0 Å². The quantitative estimate of drug-likeness (QED) is 0.726. The van der Waals surface area contributed by atoms with Gasteiger partial charge in [0.2, 0.25) is 5.95 Å². The molecule has 2 aromatic rings. The molecule has 1 aromatic carbocycles. The summed E-state index contributed by atoms with van der Waals surface area (Å²) in [6, 6.07) is 6.71. The van der Waals surface area contributed by atoms with E-state index in [2.05, 4.69) is 24.4 Å². The molecule has 10 heteroatoms. The number of benzene rings is 1. The van der Waals surface area contributed by atoms with Crippen LogP contribution in [0.5, 0.6) is 5.75 Å². The number of hydrogen-bond donors (Lipinski definition) is 3. The highest BCUT2D eigenvalue weighted by atomic mass is 32.2. The van der Waals surface area contributed by atoms with E-state index in [0.717, 1.165) is 0 Å². The molecule has 0 spiro atoms. The lowest BCUT2D eigenvalue weighted by Crippen LogP contribution is -2.38. The maximum Gasteiger partial charge on any atom is 0.344 e. The fraction of sp³-hybridized carbons (Fsp3) is 0.267. The van der Waals surface area contributed by atoms with Crippen molar-refractivity contribution in [3.63, 3.8) is 0 Å². The van der Waals surface area contributed by atoms with Crippen molar-refractivity contribution in [3.8, 4) is 5.75 Å². The van der Waals surface area contributed by atoms with Gasteiger partial charge in [0.05, 0.1) is 16.8 Å². The van der Waals surface area contributed by atoms with Crippen molar-refractivity contribution in [2.24, 2.45) is 10.1 Å². The molecule has 0 fully saturated rings. The van der Waals surface area contributed by atoms with Crippen LogP contribution in [0.15, 0.2) is 41.1 Å². The van der Waals surface area contributed by atoms with Gasteiger partial charge in [-0.25, -0.2) is 9.97 Å². The summed E-state index contributed by atoms with van der Waals surface area (Å²) in [5.41, 5.74) is 6.07. The van der Waals surface area contributed by atoms with Crippen LogP contribution in [0.1, 0.15) is 19.4 Å². The summed E-state index contributed by atoms with van der Waals surface area (Å²) < 4.78 is 34.9. The van der Waals surface area contributed by atoms with E-state index in [0.29, 0.717) is 22.9 Å². The maximum atomic E-state index is 11.6. The van der Waals surface area contributed by atoms with E-state index in [9.17, 15) is 8.42 Å². The minimum absolute atomic E-state index is 0.110. The van der Waals surface area contributed by atoms with E-state index in [1.165, 1.54) is 0 Å². The van der Waals surface area contributed by atoms with Crippen LogP contribution >= 0.6 is 0 Å². The SMILES string of the molecule is CC(C)(COc1cccc2c1C(N)=NS(=O)(=O)N2)Nc1ncccn1. The van der Waals surface area contributed by atoms with Crippen molar-refractivity contribution in [3.05, 3.63) is 42.2 Å². The van der Waals surface area contributed by atoms with Crippen molar-refractivity contribution < 1.29 is 13.2 Å². The molecular formula is C15H18N6O3S. The van der Waals surface area contributed by atoms with Gasteiger partial charge in [-0.15, -0.1) is 4.40 Å². The Kier molecular flexibility index (Phi) is 4.21. The Morgan fingerprint density at radius 2 is 1.96 bits per heavy atom. The Bertz CT molecular complexity index is 912. The van der Waals surface area contributed by atoms with Gasteiger partial charge in [0.15, 0.2) is 5.84 Å². The molecule has 1 aliphatic heterocycles. The van der Waals surface area contributed by atoms with Crippen molar-refractivity contribution >= 4 is 27.7 Å². The molecule has 0 amide bonds. The van der Waals surface area contributed by atoms with Crippen LogP contribution in [0.2, 0.25) is 0 Å². The third kappa shape index (κ3) is 3.97. The van der Waals surface area contributed by atoms with Crippen LogP contribution in [0.25, 0.3) is 0 Å². The van der Waals surface area contributed by atoms with Crippen molar-refractivity contribution in [2.75, 3.05) is 16.6 Å². The van der Waals surface area contributed by atoms with Gasteiger partial charge in [-0.2, -0.15) is 8.42 Å². The molecule has 25 heavy (non-hydrogen) atoms. The first-order valence-corrected chi connectivity index (χ1v) is 8.89. The van der Waals surface area contributed by atoms with Gasteiger partial charge < -0.3 is 15.8 Å². The summed E-state index contributed by atoms with van der Waals surface area (Å²) in [4.78, 5) is 8.25. The Morgan fingerprint density at radius 1 is 1.24 bits per heavy atom. The van der Waals surface area contributed by atoms with E-state index in [1.807, 2.05) is 13.8 Å². The number of ether oxygens (including phenoxy) is 1. The summed E-state index contributed by atoms with van der Waals surface area (Å²) in [5, 5.41) is 3.17. The van der Waals surface area contributed by atoms with Crippen LogP contribution in [-0.2, 0) is 10.2 Å². The minimum atomic E-state index is -3.82. The summed E-state index contributed by atoms with van der Waals surface area (Å²) in [7, 11) is -3.82. The Labute approximate surface area is 145 Å². The minimum Gasteiger partial charge on any atom is -0.490 e. The molecule has 2 heterocycles. The molecule has 1 aliphatic rings. The van der Waals surface area contributed by atoms with Gasteiger partial charge in [-0.05, 0) is 32.0 Å². The second-order valence-electron chi connectivity index (χ2n) is 6.10. The van der Waals surface area contributed by atoms with Crippen LogP contribution in [0.3, 0.4) is 0 Å². The predicted octanol–water partition coefficient (Wildman–Crippen LogP) is 1.12. The zero-order valence-corrected chi connectivity index (χ0v) is 14.5. The number of anilines is 2. The monoisotopic (exact) mass is 362 g/mol. The third-order valence-corrected chi connectivity index (χ3v) is 4.26. The normalized spacial score (nSPS) is 15.5. The molecule has 0 unspecified atom stereocenters. The van der Waals surface area contributed by atoms with Gasteiger partial charge in [0.1, 0.15) is 12.4 Å². The first kappa shape index (κ1) is 17.0. The molecule has 0 aliphatic carbocycles. The number of nitrogens with one attached hydrogen (secondary N) is 2. The second-order valence-corrected chi connectivity index (χ2v) is 7.44. The smallest absolute Gasteiger partial charge is 0.344 e. The van der Waals surface area contributed by atoms with Gasteiger partial charge in [0, 0.05) is 12.4 Å². The zero-order chi connectivity index (χ0) is 18.1. The average Bonchev–Trinajstić information content (AvgIpc) is 2.52. The van der Waals surface area contributed by atoms with Gasteiger partial charge in [0.25, 0.3) is 0 Å². The highest BCUT2D eigenvalue weighted by molar-refractivity contribution is 7.91. The molecule has 4 N–H and O–H groups in total. The fourth-order valence-corrected chi connectivity index (χ4v) is 3.14. The predicted molar refractivity (Wildman–Crippen MR) is 94.9 cm³/mol. The number of fused-ring (bicyclic) bond motifs is 1. The van der Waals surface area contributed by atoms with Crippen LogP contribution < -0.4 is 20.5 Å². The van der Waals surface area contributed by atoms with Crippen molar-refractivity contribution in [2.45, 2.75) is 19.4 Å². The van der Waals surface area contributed by atoms with E-state index in [1.54, 1.807) is 36.7 Å². The first-order valence-electron chi connectivity index (χ1n) is 7.45. The molecular weight excluding hydrogens is 344 g/mol. The topological polar surface area (TPSA) is 132 Å². The second kappa shape index (κ2) is 6.20. The standard InChI is InChI=1S/C15H18N6O3S/c1-15(2,19-14-17-7-4-8-18-14)9-24-11-6-3-5-10-12(11)13(16)21-25(22,23)20-10/h3-8,20H,9H2,1-2H3,(H2,16,21)(H,17,18,19). The zero-order valence-electron chi connectivity index (χ0n) is 13.7. The van der Waals surface area contributed by atoms with Gasteiger partial charge in [-0.3, -0.25) is 4.72 Å². The fourth-order valence-electron chi connectivity index (χ4n) is 2.30. The summed E-state index contributed by atoms with van der Waals surface area (Å²) in [5.74, 6) is 0.812. The number of rotatable bonds is 5. The molecule has 0 atom stereocenters. The molecule has 0 saturated carbocycles. The van der Waals surface area contributed by atoms with Crippen molar-refractivity contribution in [1.29, 1.82) is 0 Å². The van der Waals surface area contributed by atoms with Crippen LogP contribution in [0.4, 0.5) is 11.6 Å². The molecule has 3 rings (SSSR count). The summed E-state index contributed by atoms with van der Waals surface area (Å²) in [6.45, 7) is 4.12. The number of nitrogens with two attached hydrogens (primary N) is 1. The van der Waals surface area contributed by atoms with E-state index in [-0.39, 0.29) is 12.4 Å². The lowest BCUT2D eigenvalue weighted by molar-refractivity contribution is 0.255. The number of aromatic nitrogens is 2. The molecule has 132 valence electrons. The Morgan fingerprint density at radius 3 is 2.68 bits per heavy atom. The summed E-state index contributed by atoms with van der Waals surface area (Å²) >= 11 is 0. The Hall–Kier alpha value is -2.88. The van der Waals surface area contributed by atoms with Crippen molar-refractivity contribution in [1.82, 2.24) is 9.97 Å². The number of amidine groups is 1. The largest absolute Gasteiger partial charge is 0.490 e. The average molecular weight is 362 g/mol. The maximum absolute atomic E-state index is 11.6. The number of hydrogen-bond acceptors (Lipinski definition) is 7. The Balaban J connectivity index is 1.79. The molecule has 0 radical (unpaired) electrons. The molecule has 0 bridgehead atoms. The van der Waals surface area contributed by atoms with Gasteiger partial charge >= 0.3 is 10.2 Å². The number of nitrogens with zero attached hydrogens (tertiary/aromatic N) is 3. The molecule has 1 aromatic heterocycles. The van der Waals surface area contributed by atoms with Gasteiger partial charge in [-0.1, -0.05) is 6.07 Å². The van der Waals surface area contributed by atoms with E-state index < -0.39 is 15.7 Å². The highest BCUT2D eigenvalue weighted by Gasteiger charge is 2.26. The summed E-state index contributed by atoms with van der Waals surface area (Å²) in [6.07, 6.45) is 3.28. The molecule has 9 nitrogen and oxygen atoms in total. The lowest BCUT2D eigenvalue weighted by atomic mass is 10.1.